The second-order valence-corrected chi connectivity index (χ2v) is 10.6. The van der Waals surface area contributed by atoms with Crippen LogP contribution in [0.5, 0.6) is 17.2 Å². The Bertz CT molecular complexity index is 1480. The van der Waals surface area contributed by atoms with Crippen molar-refractivity contribution in [3.8, 4) is 17.2 Å². The van der Waals surface area contributed by atoms with Crippen molar-refractivity contribution in [1.82, 2.24) is 5.32 Å². The van der Waals surface area contributed by atoms with E-state index in [-0.39, 0.29) is 17.3 Å². The molecule has 12 heteroatoms. The Morgan fingerprint density at radius 2 is 1.68 bits per heavy atom. The van der Waals surface area contributed by atoms with E-state index in [1.807, 2.05) is 0 Å². The summed E-state index contributed by atoms with van der Waals surface area (Å²) >= 11 is 24.4. The second kappa shape index (κ2) is 12.0. The number of carbonyl (C=O) groups is 2. The smallest absolute Gasteiger partial charge is 0.270 e. The third-order valence-electron chi connectivity index (χ3n) is 5.48. The summed E-state index contributed by atoms with van der Waals surface area (Å²) in [6.07, 6.45) is 1.45. The highest BCUT2D eigenvalue weighted by Gasteiger charge is 2.35. The van der Waals surface area contributed by atoms with Crippen molar-refractivity contribution in [1.29, 1.82) is 0 Å². The minimum Gasteiger partial charge on any atom is -0.497 e. The van der Waals surface area contributed by atoms with E-state index in [0.717, 1.165) is 5.56 Å². The molecule has 0 aliphatic carbocycles. The molecule has 1 saturated heterocycles. The molecule has 3 aromatic rings. The maximum atomic E-state index is 13.4. The number of thiocarbonyl (C=S) groups is 1. The lowest BCUT2D eigenvalue weighted by atomic mass is 10.1. The average Bonchev–Trinajstić information content (AvgIpc) is 2.90. The van der Waals surface area contributed by atoms with Gasteiger partial charge in [-0.2, -0.15) is 0 Å². The van der Waals surface area contributed by atoms with Gasteiger partial charge in [0.15, 0.2) is 16.6 Å². The van der Waals surface area contributed by atoms with E-state index >= 15 is 0 Å². The topological polar surface area (TPSA) is 77.1 Å². The zero-order valence-electron chi connectivity index (χ0n) is 19.8. The summed E-state index contributed by atoms with van der Waals surface area (Å²) in [7, 11) is 3.03. The van der Waals surface area contributed by atoms with Gasteiger partial charge in [0.1, 0.15) is 17.9 Å². The minimum atomic E-state index is -0.619. The molecule has 0 radical (unpaired) electrons. The van der Waals surface area contributed by atoms with Crippen LogP contribution in [0.1, 0.15) is 11.1 Å². The van der Waals surface area contributed by atoms with Crippen molar-refractivity contribution >= 4 is 96.0 Å². The van der Waals surface area contributed by atoms with Crippen LogP contribution in [-0.4, -0.2) is 31.1 Å². The molecular formula is C26H18Br2Cl2N2O5S. The largest absolute Gasteiger partial charge is 0.497 e. The van der Waals surface area contributed by atoms with Crippen LogP contribution in [0.4, 0.5) is 5.69 Å². The van der Waals surface area contributed by atoms with E-state index in [2.05, 4.69) is 37.2 Å². The summed E-state index contributed by atoms with van der Waals surface area (Å²) in [6, 6.07) is 13.6. The highest BCUT2D eigenvalue weighted by molar-refractivity contribution is 9.13. The Balaban J connectivity index is 1.67. The van der Waals surface area contributed by atoms with Crippen molar-refractivity contribution in [2.45, 2.75) is 6.61 Å². The first kappa shape index (κ1) is 28.4. The van der Waals surface area contributed by atoms with Gasteiger partial charge in [-0.3, -0.25) is 19.8 Å². The molecule has 4 rings (SSSR count). The molecule has 1 heterocycles. The number of anilines is 1. The molecular weight excluding hydrogens is 683 g/mol. The SMILES string of the molecule is COc1ccc(N2C(=O)/C(=C/c3cc(OC)c(OCc4ccc(Cl)c(Cl)c4)c(Br)c3Br)C(=O)NC2=S)cc1. The van der Waals surface area contributed by atoms with Crippen molar-refractivity contribution in [2.24, 2.45) is 0 Å². The van der Waals surface area contributed by atoms with Gasteiger partial charge in [0.05, 0.1) is 34.4 Å². The molecule has 0 saturated carbocycles. The highest BCUT2D eigenvalue weighted by Crippen LogP contribution is 2.44. The van der Waals surface area contributed by atoms with Gasteiger partial charge in [0.25, 0.3) is 11.8 Å². The summed E-state index contributed by atoms with van der Waals surface area (Å²) in [5.41, 5.74) is 1.66. The number of rotatable bonds is 7. The van der Waals surface area contributed by atoms with Gasteiger partial charge in [-0.15, -0.1) is 0 Å². The lowest BCUT2D eigenvalue weighted by Gasteiger charge is -2.29. The van der Waals surface area contributed by atoms with Gasteiger partial charge in [-0.1, -0.05) is 29.3 Å². The Morgan fingerprint density at radius 3 is 2.32 bits per heavy atom. The highest BCUT2D eigenvalue weighted by atomic mass is 79.9. The summed E-state index contributed by atoms with van der Waals surface area (Å²) in [5.74, 6) is 0.204. The maximum absolute atomic E-state index is 13.4. The minimum absolute atomic E-state index is 0.0220. The molecule has 7 nitrogen and oxygen atoms in total. The van der Waals surface area contributed by atoms with Gasteiger partial charge in [-0.05, 0) is 104 Å². The first-order valence-electron chi connectivity index (χ1n) is 10.8. The first-order chi connectivity index (χ1) is 18.1. The molecule has 1 aliphatic heterocycles. The van der Waals surface area contributed by atoms with Crippen LogP contribution < -0.4 is 24.4 Å². The third kappa shape index (κ3) is 5.84. The maximum Gasteiger partial charge on any atom is 0.270 e. The lowest BCUT2D eigenvalue weighted by molar-refractivity contribution is -0.122. The van der Waals surface area contributed by atoms with Gasteiger partial charge in [0, 0.05) is 4.47 Å². The molecule has 0 unspecified atom stereocenters. The van der Waals surface area contributed by atoms with E-state index in [9.17, 15) is 9.59 Å². The average molecular weight is 701 g/mol. The Hall–Kier alpha value is -2.63. The standard InChI is InChI=1S/C26H18Br2Cl2N2O5S/c1-35-16-6-4-15(5-7-16)32-25(34)17(24(33)31-26(32)38)10-14-11-20(36-2)23(22(28)21(14)27)37-12-13-3-8-18(29)19(30)9-13/h3-11H,12H2,1-2H3,(H,31,33,38)/b17-10+. The van der Waals surface area contributed by atoms with E-state index in [4.69, 9.17) is 49.6 Å². The molecule has 0 spiro atoms. The summed E-state index contributed by atoms with van der Waals surface area (Å²) < 4.78 is 17.8. The number of hydrogen-bond acceptors (Lipinski definition) is 6. The van der Waals surface area contributed by atoms with Gasteiger partial charge in [-0.25, -0.2) is 0 Å². The molecule has 3 aromatic carbocycles. The molecule has 1 N–H and O–H groups in total. The molecule has 0 atom stereocenters. The number of amides is 2. The Labute approximate surface area is 250 Å². The molecule has 38 heavy (non-hydrogen) atoms. The fourth-order valence-corrected chi connectivity index (χ4v) is 5.11. The summed E-state index contributed by atoms with van der Waals surface area (Å²) in [5, 5.41) is 3.41. The zero-order chi connectivity index (χ0) is 27.6. The number of ether oxygens (including phenoxy) is 3. The van der Waals surface area contributed by atoms with Crippen LogP contribution >= 0.6 is 67.3 Å². The van der Waals surface area contributed by atoms with Crippen LogP contribution in [0.2, 0.25) is 10.0 Å². The number of methoxy groups -OCH3 is 2. The predicted molar refractivity (Wildman–Crippen MR) is 158 cm³/mol. The van der Waals surface area contributed by atoms with E-state index < -0.39 is 11.8 Å². The number of nitrogens with zero attached hydrogens (tertiary/aromatic N) is 1. The number of carbonyl (C=O) groups excluding carboxylic acids is 2. The monoisotopic (exact) mass is 698 g/mol. The Morgan fingerprint density at radius 1 is 0.974 bits per heavy atom. The number of hydrogen-bond donors (Lipinski definition) is 1. The van der Waals surface area contributed by atoms with E-state index in [0.29, 0.717) is 47.5 Å². The Kier molecular flexibility index (Phi) is 9.00. The van der Waals surface area contributed by atoms with E-state index in [1.54, 1.807) is 55.6 Å². The number of benzene rings is 3. The van der Waals surface area contributed by atoms with Crippen LogP contribution in [0.25, 0.3) is 6.08 Å². The van der Waals surface area contributed by atoms with Crippen LogP contribution in [-0.2, 0) is 16.2 Å². The first-order valence-corrected chi connectivity index (χ1v) is 13.6. The molecule has 0 bridgehead atoms. The number of halogens is 4. The van der Waals surface area contributed by atoms with Crippen LogP contribution in [0.15, 0.2) is 63.0 Å². The zero-order valence-corrected chi connectivity index (χ0v) is 25.3. The molecule has 2 amide bonds. The van der Waals surface area contributed by atoms with Gasteiger partial charge >= 0.3 is 0 Å². The molecule has 196 valence electrons. The predicted octanol–water partition coefficient (Wildman–Crippen LogP) is 6.95. The van der Waals surface area contributed by atoms with Crippen molar-refractivity contribution in [2.75, 3.05) is 19.1 Å². The van der Waals surface area contributed by atoms with Crippen LogP contribution in [0, 0.1) is 0 Å². The summed E-state index contributed by atoms with van der Waals surface area (Å²) in [6.45, 7) is 0.188. The van der Waals surface area contributed by atoms with Gasteiger partial charge < -0.3 is 14.2 Å². The molecule has 0 aromatic heterocycles. The van der Waals surface area contributed by atoms with Crippen molar-refractivity contribution in [3.05, 3.63) is 84.2 Å². The quantitative estimate of drug-likeness (QED) is 0.164. The fraction of sp³-hybridized carbons (Fsp3) is 0.115. The normalized spacial score (nSPS) is 14.5. The van der Waals surface area contributed by atoms with Gasteiger partial charge in [0.2, 0.25) is 0 Å². The van der Waals surface area contributed by atoms with Crippen molar-refractivity contribution in [3.63, 3.8) is 0 Å². The fourth-order valence-electron chi connectivity index (χ4n) is 3.56. The second-order valence-electron chi connectivity index (χ2n) is 7.82. The summed E-state index contributed by atoms with van der Waals surface area (Å²) in [4.78, 5) is 27.4. The number of nitrogens with one attached hydrogen (secondary N) is 1. The van der Waals surface area contributed by atoms with E-state index in [1.165, 1.54) is 18.1 Å². The molecule has 1 aliphatic rings. The lowest BCUT2D eigenvalue weighted by Crippen LogP contribution is -2.54. The molecule has 1 fully saturated rings. The van der Waals surface area contributed by atoms with Crippen molar-refractivity contribution < 1.29 is 23.8 Å². The van der Waals surface area contributed by atoms with Crippen LogP contribution in [0.3, 0.4) is 0 Å². The third-order valence-corrected chi connectivity index (χ3v) is 8.64.